The number of furan rings is 1. The largest absolute Gasteiger partial charge is 0.456 e. The van der Waals surface area contributed by atoms with E-state index >= 15 is 0 Å². The second kappa shape index (κ2) is 21.4. The molecule has 0 bridgehead atoms. The van der Waals surface area contributed by atoms with Crippen molar-refractivity contribution >= 4 is 69.3 Å². The molecule has 0 unspecified atom stereocenters. The fourth-order valence-electron chi connectivity index (χ4n) is 11.7. The SMILES string of the molecule is C=Cc1c(/C=C/c2ccc(-c3cccc4c5c(oc34)=CCCC=5)cc2)c2ccccc2n1-c1ccc(-c2ccc(N(c3ccc(-c4ccc(-c5ccccc5)cc4)cc3)c3ccc(-c4ccc(-c5ccccc5)cc4)cc3)cc2)cc1. The van der Waals surface area contributed by atoms with E-state index in [0.29, 0.717) is 0 Å². The number of nitrogens with zero attached hydrogens (tertiary/aromatic N) is 2. The van der Waals surface area contributed by atoms with Crippen molar-refractivity contribution in [2.75, 3.05) is 4.90 Å². The average molecular weight is 1040 g/mol. The highest BCUT2D eigenvalue weighted by atomic mass is 16.3. The van der Waals surface area contributed by atoms with Crippen molar-refractivity contribution in [3.05, 3.63) is 307 Å². The van der Waals surface area contributed by atoms with Crippen molar-refractivity contribution in [2.24, 2.45) is 0 Å². The molecule has 13 aromatic rings. The first-order valence-electron chi connectivity index (χ1n) is 27.9. The summed E-state index contributed by atoms with van der Waals surface area (Å²) in [5, 5.41) is 3.58. The van der Waals surface area contributed by atoms with Gasteiger partial charge in [0.2, 0.25) is 0 Å². The van der Waals surface area contributed by atoms with Crippen LogP contribution in [0.4, 0.5) is 17.1 Å². The van der Waals surface area contributed by atoms with Crippen LogP contribution >= 0.6 is 0 Å². The van der Waals surface area contributed by atoms with Crippen LogP contribution in [0, 0.1) is 0 Å². The molecule has 3 heteroatoms. The molecular weight excluding hydrogens is 981 g/mol. The van der Waals surface area contributed by atoms with E-state index in [1.807, 2.05) is 6.08 Å². The van der Waals surface area contributed by atoms with Crippen molar-refractivity contribution in [1.29, 1.82) is 0 Å². The number of rotatable bonds is 13. The van der Waals surface area contributed by atoms with Crippen molar-refractivity contribution in [3.8, 4) is 72.4 Å². The highest BCUT2D eigenvalue weighted by molar-refractivity contribution is 5.98. The van der Waals surface area contributed by atoms with Crippen LogP contribution in [0.5, 0.6) is 0 Å². The second-order valence-electron chi connectivity index (χ2n) is 20.8. The number of hydrogen-bond acceptors (Lipinski definition) is 2. The third kappa shape index (κ3) is 9.51. The van der Waals surface area contributed by atoms with E-state index in [1.54, 1.807) is 0 Å². The summed E-state index contributed by atoms with van der Waals surface area (Å²) in [4.78, 5) is 2.35. The normalized spacial score (nSPS) is 12.0. The zero-order chi connectivity index (χ0) is 54.1. The quantitative estimate of drug-likeness (QED) is 0.115. The van der Waals surface area contributed by atoms with E-state index in [-0.39, 0.29) is 0 Å². The lowest BCUT2D eigenvalue weighted by molar-refractivity contribution is 0.572. The maximum absolute atomic E-state index is 6.42. The second-order valence-corrected chi connectivity index (χ2v) is 20.8. The Kier molecular flexibility index (Phi) is 12.9. The molecule has 2 aromatic heterocycles. The summed E-state index contributed by atoms with van der Waals surface area (Å²) in [6.45, 7) is 4.34. The first-order chi connectivity index (χ1) is 40.1. The van der Waals surface area contributed by atoms with Gasteiger partial charge in [-0.25, -0.2) is 0 Å². The van der Waals surface area contributed by atoms with Crippen LogP contribution in [0.2, 0.25) is 0 Å². The molecule has 1 aliphatic rings. The van der Waals surface area contributed by atoms with Crippen LogP contribution in [0.25, 0.3) is 125 Å². The molecule has 81 heavy (non-hydrogen) atoms. The first-order valence-corrected chi connectivity index (χ1v) is 27.9. The minimum absolute atomic E-state index is 0.955. The molecule has 384 valence electrons. The Balaban J connectivity index is 0.740. The van der Waals surface area contributed by atoms with Crippen LogP contribution in [0.3, 0.4) is 0 Å². The van der Waals surface area contributed by atoms with Crippen LogP contribution in [-0.4, -0.2) is 4.57 Å². The standard InChI is InChI=1S/C78H56N2O/c1-2-75-72(53-26-54-24-27-65(28-25-54)70-20-13-21-74-73-19-10-12-23-77(73)81-78(70)74)71-18-9-11-22-76(71)80(75)69-51-43-64(44-52-69)63-41-49-68(50-42-63)79(66-45-37-61(38-46-66)59-33-29-57(30-34-59)55-14-5-3-6-15-55)67-47-39-62(40-48-67)60-35-31-58(32-36-60)56-16-7-4-8-17-56/h2-9,11,13-53H,1,10,12H2/b53-26+. The Labute approximate surface area is 472 Å². The summed E-state index contributed by atoms with van der Waals surface area (Å²) >= 11 is 0. The van der Waals surface area contributed by atoms with E-state index in [4.69, 9.17) is 4.42 Å². The van der Waals surface area contributed by atoms with Gasteiger partial charge >= 0.3 is 0 Å². The van der Waals surface area contributed by atoms with Gasteiger partial charge in [-0.2, -0.15) is 0 Å². The minimum Gasteiger partial charge on any atom is -0.456 e. The fraction of sp³-hybridized carbons (Fsp3) is 0.0256. The van der Waals surface area contributed by atoms with E-state index in [9.17, 15) is 0 Å². The molecule has 0 radical (unpaired) electrons. The molecule has 0 N–H and O–H groups in total. The number of benzene rings is 11. The Bertz CT molecular complexity index is 4420. The third-order valence-electron chi connectivity index (χ3n) is 15.9. The van der Waals surface area contributed by atoms with Crippen LogP contribution in [-0.2, 0) is 0 Å². The number of fused-ring (bicyclic) bond motifs is 4. The van der Waals surface area contributed by atoms with E-state index in [1.165, 1.54) is 60.5 Å². The van der Waals surface area contributed by atoms with Gasteiger partial charge < -0.3 is 13.9 Å². The number of anilines is 3. The van der Waals surface area contributed by atoms with Gasteiger partial charge in [0.25, 0.3) is 0 Å². The van der Waals surface area contributed by atoms with Gasteiger partial charge in [-0.1, -0.05) is 243 Å². The van der Waals surface area contributed by atoms with E-state index < -0.39 is 0 Å². The number of hydrogen-bond donors (Lipinski definition) is 0. The molecule has 1 aliphatic carbocycles. The summed E-state index contributed by atoms with van der Waals surface area (Å²) in [5.41, 5.74) is 24.8. The molecule has 0 aliphatic heterocycles. The highest BCUT2D eigenvalue weighted by Gasteiger charge is 2.18. The van der Waals surface area contributed by atoms with Gasteiger partial charge in [0, 0.05) is 49.9 Å². The van der Waals surface area contributed by atoms with Gasteiger partial charge in [0.15, 0.2) is 0 Å². The smallest absolute Gasteiger partial charge is 0.143 e. The van der Waals surface area contributed by atoms with Crippen molar-refractivity contribution < 1.29 is 4.42 Å². The summed E-state index contributed by atoms with van der Waals surface area (Å²) in [7, 11) is 0. The molecule has 0 saturated heterocycles. The monoisotopic (exact) mass is 1040 g/mol. The first kappa shape index (κ1) is 48.9. The Morgan fingerprint density at radius 2 is 0.790 bits per heavy atom. The van der Waals surface area contributed by atoms with Crippen LogP contribution in [0.1, 0.15) is 29.7 Å². The van der Waals surface area contributed by atoms with Crippen LogP contribution < -0.4 is 15.5 Å². The summed E-state index contributed by atoms with van der Waals surface area (Å²) in [6, 6.07) is 98.4. The number of para-hydroxylation sites is 2. The summed E-state index contributed by atoms with van der Waals surface area (Å²) in [6.07, 6.45) is 13.0. The van der Waals surface area contributed by atoms with Crippen LogP contribution in [0.15, 0.2) is 284 Å². The molecule has 0 saturated carbocycles. The lowest BCUT2D eigenvalue weighted by Crippen LogP contribution is -2.21. The Morgan fingerprint density at radius 3 is 1.30 bits per heavy atom. The lowest BCUT2D eigenvalue weighted by atomic mass is 9.99. The van der Waals surface area contributed by atoms with Gasteiger partial charge in [0.05, 0.1) is 11.2 Å². The molecule has 0 spiro atoms. The lowest BCUT2D eigenvalue weighted by Gasteiger charge is -2.26. The maximum atomic E-state index is 6.42. The molecule has 0 amide bonds. The van der Waals surface area contributed by atoms with Gasteiger partial charge in [0.1, 0.15) is 11.0 Å². The van der Waals surface area contributed by atoms with E-state index in [2.05, 4.69) is 313 Å². The summed E-state index contributed by atoms with van der Waals surface area (Å²) < 4.78 is 8.74. The zero-order valence-corrected chi connectivity index (χ0v) is 44.8. The van der Waals surface area contributed by atoms with Gasteiger partial charge in [-0.15, -0.1) is 0 Å². The molecule has 3 nitrogen and oxygen atoms in total. The molecular formula is C78H56N2O. The van der Waals surface area contributed by atoms with Gasteiger partial charge in [-0.3, -0.25) is 0 Å². The highest BCUT2D eigenvalue weighted by Crippen LogP contribution is 2.40. The average Bonchev–Trinajstić information content (AvgIpc) is 4.13. The Morgan fingerprint density at radius 1 is 0.370 bits per heavy atom. The molecule has 11 aromatic carbocycles. The molecule has 0 atom stereocenters. The zero-order valence-electron chi connectivity index (χ0n) is 44.8. The third-order valence-corrected chi connectivity index (χ3v) is 15.9. The minimum atomic E-state index is 0.955. The molecule has 14 rings (SSSR count). The van der Waals surface area contributed by atoms with Crippen molar-refractivity contribution in [3.63, 3.8) is 0 Å². The van der Waals surface area contributed by atoms with Crippen molar-refractivity contribution in [1.82, 2.24) is 4.57 Å². The molecule has 2 heterocycles. The van der Waals surface area contributed by atoms with Crippen molar-refractivity contribution in [2.45, 2.75) is 12.8 Å². The van der Waals surface area contributed by atoms with Gasteiger partial charge in [-0.05, 0) is 146 Å². The predicted octanol–water partition coefficient (Wildman–Crippen LogP) is 20.0. The summed E-state index contributed by atoms with van der Waals surface area (Å²) in [5.74, 6) is 0. The predicted molar refractivity (Wildman–Crippen MR) is 343 cm³/mol. The maximum Gasteiger partial charge on any atom is 0.143 e. The topological polar surface area (TPSA) is 21.3 Å². The van der Waals surface area contributed by atoms with E-state index in [0.717, 1.165) is 91.2 Å². The fourth-order valence-corrected chi connectivity index (χ4v) is 11.7. The molecule has 0 fully saturated rings. The number of aromatic nitrogens is 1. The Hall–Kier alpha value is -10.5.